The molecule has 0 saturated carbocycles. The maximum absolute atomic E-state index is 12.5. The smallest absolute Gasteiger partial charge is 0.220 e. The Hall–Kier alpha value is -0.870. The molecule has 340 valence electrons. The molecule has 4 heteroatoms. The van der Waals surface area contributed by atoms with Gasteiger partial charge in [-0.05, 0) is 38.5 Å². The van der Waals surface area contributed by atoms with E-state index in [-0.39, 0.29) is 12.5 Å². The van der Waals surface area contributed by atoms with Gasteiger partial charge in [0.15, 0.2) is 0 Å². The van der Waals surface area contributed by atoms with Crippen LogP contribution in [-0.2, 0) is 4.79 Å². The zero-order valence-corrected chi connectivity index (χ0v) is 39.1. The molecule has 0 fully saturated rings. The maximum Gasteiger partial charge on any atom is 0.220 e. The molecular formula is C53H105NO3. The first-order valence-electron chi connectivity index (χ1n) is 26.4. The Bertz CT molecular complexity index is 784. The fraction of sp³-hybridized carbons (Fsp3) is 0.943. The Kier molecular flexibility index (Phi) is 48.7. The molecule has 0 aliphatic carbocycles. The topological polar surface area (TPSA) is 69.6 Å². The molecule has 2 unspecified atom stereocenters. The van der Waals surface area contributed by atoms with Crippen molar-refractivity contribution >= 4 is 5.91 Å². The largest absolute Gasteiger partial charge is 0.394 e. The first-order chi connectivity index (χ1) is 28.2. The van der Waals surface area contributed by atoms with E-state index < -0.39 is 12.1 Å². The number of nitrogens with one attached hydrogen (secondary N) is 1. The Morgan fingerprint density at radius 1 is 0.404 bits per heavy atom. The van der Waals surface area contributed by atoms with Crippen LogP contribution in [0, 0.1) is 0 Å². The molecule has 3 N–H and O–H groups in total. The first kappa shape index (κ1) is 56.1. The lowest BCUT2D eigenvalue weighted by atomic mass is 10.0. The summed E-state index contributed by atoms with van der Waals surface area (Å²) in [5, 5.41) is 23.3. The van der Waals surface area contributed by atoms with Crippen LogP contribution in [0.5, 0.6) is 0 Å². The van der Waals surface area contributed by atoms with Crippen LogP contribution >= 0.6 is 0 Å². The number of hydrogen-bond acceptors (Lipinski definition) is 3. The third kappa shape index (κ3) is 46.1. The minimum absolute atomic E-state index is 0.0269. The highest BCUT2D eigenvalue weighted by molar-refractivity contribution is 5.76. The lowest BCUT2D eigenvalue weighted by Crippen LogP contribution is -2.45. The second kappa shape index (κ2) is 49.5. The molecule has 57 heavy (non-hydrogen) atoms. The second-order valence-electron chi connectivity index (χ2n) is 18.3. The average molecular weight is 804 g/mol. The fourth-order valence-electron chi connectivity index (χ4n) is 8.48. The highest BCUT2D eigenvalue weighted by atomic mass is 16.3. The van der Waals surface area contributed by atoms with Gasteiger partial charge in [-0.2, -0.15) is 0 Å². The quantitative estimate of drug-likeness (QED) is 0.0424. The number of aliphatic hydroxyl groups is 2. The van der Waals surface area contributed by atoms with Gasteiger partial charge in [0.25, 0.3) is 0 Å². The lowest BCUT2D eigenvalue weighted by Gasteiger charge is -2.22. The monoisotopic (exact) mass is 804 g/mol. The molecule has 1 amide bonds. The molecule has 4 nitrogen and oxygen atoms in total. The Labute approximate surface area is 358 Å². The number of carbonyl (C=O) groups is 1. The van der Waals surface area contributed by atoms with Crippen molar-refractivity contribution in [3.8, 4) is 0 Å². The minimum atomic E-state index is -0.657. The van der Waals surface area contributed by atoms with E-state index in [0.29, 0.717) is 12.8 Å². The number of rotatable bonds is 49. The van der Waals surface area contributed by atoms with Crippen molar-refractivity contribution in [2.45, 2.75) is 315 Å². The molecule has 0 saturated heterocycles. The Morgan fingerprint density at radius 3 is 0.965 bits per heavy atom. The molecule has 0 aromatic heterocycles. The van der Waals surface area contributed by atoms with Gasteiger partial charge in [-0.3, -0.25) is 4.79 Å². The summed E-state index contributed by atoms with van der Waals surface area (Å²) in [6.45, 7) is 4.39. The van der Waals surface area contributed by atoms with Crippen LogP contribution < -0.4 is 5.32 Å². The number of carbonyl (C=O) groups excluding carboxylic acids is 1. The summed E-state index contributed by atoms with van der Waals surface area (Å²) in [6, 6.07) is -0.534. The summed E-state index contributed by atoms with van der Waals surface area (Å²) in [5.41, 5.74) is 0. The summed E-state index contributed by atoms with van der Waals surface area (Å²) in [5.74, 6) is -0.0269. The summed E-state index contributed by atoms with van der Waals surface area (Å²) in [6.07, 6.45) is 63.3. The number of aliphatic hydroxyl groups excluding tert-OH is 2. The predicted molar refractivity (Wildman–Crippen MR) is 253 cm³/mol. The SMILES string of the molecule is CCCCCCCCCCCCCC/C=C\CCCCCCCCCCCCCC(=O)NC(CO)C(O)CCCCCCCCCCCCCCCCCCCC. The lowest BCUT2D eigenvalue weighted by molar-refractivity contribution is -0.123. The molecule has 0 aliphatic rings. The van der Waals surface area contributed by atoms with E-state index in [1.54, 1.807) is 0 Å². The molecule has 0 radical (unpaired) electrons. The van der Waals surface area contributed by atoms with Crippen molar-refractivity contribution in [2.24, 2.45) is 0 Å². The molecule has 0 aromatic carbocycles. The molecule has 0 bridgehead atoms. The van der Waals surface area contributed by atoms with Crippen LogP contribution in [0.3, 0.4) is 0 Å². The number of allylic oxidation sites excluding steroid dienone is 2. The van der Waals surface area contributed by atoms with Gasteiger partial charge in [-0.15, -0.1) is 0 Å². The molecule has 0 heterocycles. The first-order valence-corrected chi connectivity index (χ1v) is 26.4. The van der Waals surface area contributed by atoms with Crippen molar-refractivity contribution in [3.63, 3.8) is 0 Å². The number of amides is 1. The normalized spacial score (nSPS) is 12.8. The highest BCUT2D eigenvalue weighted by Gasteiger charge is 2.20. The highest BCUT2D eigenvalue weighted by Crippen LogP contribution is 2.17. The van der Waals surface area contributed by atoms with Crippen LogP contribution in [-0.4, -0.2) is 34.9 Å². The van der Waals surface area contributed by atoms with Crippen molar-refractivity contribution < 1.29 is 15.0 Å². The third-order valence-corrected chi connectivity index (χ3v) is 12.5. The van der Waals surface area contributed by atoms with Gasteiger partial charge in [-0.25, -0.2) is 0 Å². The van der Waals surface area contributed by atoms with E-state index in [0.717, 1.165) is 25.7 Å². The molecule has 0 aliphatic heterocycles. The summed E-state index contributed by atoms with van der Waals surface area (Å²) in [4.78, 5) is 12.5. The Balaban J connectivity index is 3.44. The molecular weight excluding hydrogens is 699 g/mol. The maximum atomic E-state index is 12.5. The predicted octanol–water partition coefficient (Wildman–Crippen LogP) is 17.0. The van der Waals surface area contributed by atoms with Crippen LogP contribution in [0.4, 0.5) is 0 Å². The van der Waals surface area contributed by atoms with E-state index in [1.807, 2.05) is 0 Å². The molecule has 2 atom stereocenters. The van der Waals surface area contributed by atoms with Crippen LogP contribution in [0.1, 0.15) is 303 Å². The second-order valence-corrected chi connectivity index (χ2v) is 18.3. The molecule has 0 aromatic rings. The fourth-order valence-corrected chi connectivity index (χ4v) is 8.48. The van der Waals surface area contributed by atoms with Gasteiger partial charge in [-0.1, -0.05) is 270 Å². The van der Waals surface area contributed by atoms with Gasteiger partial charge in [0.05, 0.1) is 18.8 Å². The van der Waals surface area contributed by atoms with E-state index in [1.165, 1.54) is 250 Å². The Morgan fingerprint density at radius 2 is 0.667 bits per heavy atom. The van der Waals surface area contributed by atoms with Crippen molar-refractivity contribution in [1.82, 2.24) is 5.32 Å². The molecule has 0 spiro atoms. The van der Waals surface area contributed by atoms with E-state index in [2.05, 4.69) is 31.3 Å². The average Bonchev–Trinajstić information content (AvgIpc) is 3.22. The van der Waals surface area contributed by atoms with Crippen LogP contribution in [0.25, 0.3) is 0 Å². The number of hydrogen-bond donors (Lipinski definition) is 3. The molecule has 0 rings (SSSR count). The zero-order chi connectivity index (χ0) is 41.4. The van der Waals surface area contributed by atoms with Crippen LogP contribution in [0.15, 0.2) is 12.2 Å². The van der Waals surface area contributed by atoms with E-state index in [4.69, 9.17) is 0 Å². The van der Waals surface area contributed by atoms with Crippen molar-refractivity contribution in [1.29, 1.82) is 0 Å². The van der Waals surface area contributed by atoms with Crippen LogP contribution in [0.2, 0.25) is 0 Å². The van der Waals surface area contributed by atoms with Gasteiger partial charge in [0.2, 0.25) is 5.91 Å². The van der Waals surface area contributed by atoms with Gasteiger partial charge >= 0.3 is 0 Å². The zero-order valence-electron chi connectivity index (χ0n) is 39.1. The summed E-state index contributed by atoms with van der Waals surface area (Å²) in [7, 11) is 0. The van der Waals surface area contributed by atoms with Gasteiger partial charge < -0.3 is 15.5 Å². The van der Waals surface area contributed by atoms with E-state index in [9.17, 15) is 15.0 Å². The minimum Gasteiger partial charge on any atom is -0.394 e. The van der Waals surface area contributed by atoms with Crippen molar-refractivity contribution in [2.75, 3.05) is 6.61 Å². The summed E-state index contributed by atoms with van der Waals surface area (Å²) < 4.78 is 0. The van der Waals surface area contributed by atoms with Gasteiger partial charge in [0, 0.05) is 6.42 Å². The standard InChI is InChI=1S/C53H105NO3/c1-3-5-7-9-11-13-15-17-19-21-23-24-25-26-27-28-29-30-31-33-35-37-39-41-43-45-47-49-53(57)54-51(50-55)52(56)48-46-44-42-40-38-36-34-32-22-20-18-16-14-12-10-8-6-4-2/h26-27,51-52,55-56H,3-25,28-50H2,1-2H3,(H,54,57)/b27-26-. The number of unbranched alkanes of at least 4 members (excludes halogenated alkanes) is 40. The van der Waals surface area contributed by atoms with Crippen molar-refractivity contribution in [3.05, 3.63) is 12.2 Å². The van der Waals surface area contributed by atoms with E-state index >= 15 is 0 Å². The van der Waals surface area contributed by atoms with Gasteiger partial charge in [0.1, 0.15) is 0 Å². The third-order valence-electron chi connectivity index (χ3n) is 12.5. The summed E-state index contributed by atoms with van der Waals surface area (Å²) >= 11 is 0.